The van der Waals surface area contributed by atoms with Crippen molar-refractivity contribution < 1.29 is 0 Å². The Hall–Kier alpha value is -2.40. The molecule has 5 nitrogen and oxygen atoms in total. The van der Waals surface area contributed by atoms with Gasteiger partial charge < -0.3 is 5.73 Å². The molecule has 0 amide bonds. The maximum atomic E-state index is 6.06. The van der Waals surface area contributed by atoms with E-state index in [9.17, 15) is 0 Å². The molecular weight excluding hydrogens is 286 g/mol. The Kier molecular flexibility index (Phi) is 3.35. The Balaban J connectivity index is 2.22. The minimum absolute atomic E-state index is 0.573. The molecule has 0 fully saturated rings. The average Bonchev–Trinajstić information content (AvgIpc) is 2.93. The van der Waals surface area contributed by atoms with Gasteiger partial charge in [-0.2, -0.15) is 4.68 Å². The van der Waals surface area contributed by atoms with Crippen molar-refractivity contribution in [3.63, 3.8) is 0 Å². The molecule has 1 aromatic heterocycles. The van der Waals surface area contributed by atoms with Crippen molar-refractivity contribution in [1.29, 1.82) is 0 Å². The fourth-order valence-electron chi connectivity index (χ4n) is 2.20. The number of nitrogens with two attached hydrogens (primary N) is 1. The second kappa shape index (κ2) is 5.18. The molecular formula is C15H14ClN5. The van der Waals surface area contributed by atoms with Gasteiger partial charge >= 0.3 is 0 Å². The first-order valence-electron chi connectivity index (χ1n) is 6.48. The lowest BCUT2D eigenvalue weighted by molar-refractivity contribution is 0.786. The average molecular weight is 300 g/mol. The number of nitrogen functional groups attached to an aromatic ring is 1. The summed E-state index contributed by atoms with van der Waals surface area (Å²) in [5.74, 6) is 0.573. The Morgan fingerprint density at radius 3 is 2.76 bits per heavy atom. The molecule has 3 aromatic rings. The second-order valence-corrected chi connectivity index (χ2v) is 5.30. The Morgan fingerprint density at radius 1 is 1.14 bits per heavy atom. The van der Waals surface area contributed by atoms with E-state index < -0.39 is 0 Å². The maximum Gasteiger partial charge on any atom is 0.189 e. The van der Waals surface area contributed by atoms with E-state index in [-0.39, 0.29) is 0 Å². The number of anilines is 1. The molecule has 0 radical (unpaired) electrons. The highest BCUT2D eigenvalue weighted by Gasteiger charge is 2.15. The van der Waals surface area contributed by atoms with Crippen molar-refractivity contribution in [3.05, 3.63) is 52.5 Å². The van der Waals surface area contributed by atoms with Gasteiger partial charge in [0.25, 0.3) is 0 Å². The van der Waals surface area contributed by atoms with Gasteiger partial charge in [0.15, 0.2) is 5.82 Å². The summed E-state index contributed by atoms with van der Waals surface area (Å²) >= 11 is 6.06. The molecule has 0 saturated carbocycles. The highest BCUT2D eigenvalue weighted by atomic mass is 35.5. The molecule has 6 heteroatoms. The van der Waals surface area contributed by atoms with Gasteiger partial charge in [0.1, 0.15) is 0 Å². The van der Waals surface area contributed by atoms with Gasteiger partial charge in [-0.05, 0) is 59.7 Å². The summed E-state index contributed by atoms with van der Waals surface area (Å²) in [7, 11) is 0. The lowest BCUT2D eigenvalue weighted by Crippen LogP contribution is -2.04. The molecule has 0 aliphatic carbocycles. The Bertz CT molecular complexity index is 793. The number of nitrogens with zero attached hydrogens (tertiary/aromatic N) is 4. The van der Waals surface area contributed by atoms with Crippen molar-refractivity contribution >= 4 is 17.3 Å². The van der Waals surface area contributed by atoms with Gasteiger partial charge in [-0.3, -0.25) is 0 Å². The van der Waals surface area contributed by atoms with Crippen LogP contribution >= 0.6 is 11.6 Å². The molecule has 0 atom stereocenters. The van der Waals surface area contributed by atoms with Gasteiger partial charge in [0.05, 0.1) is 5.69 Å². The number of rotatable bonds is 2. The summed E-state index contributed by atoms with van der Waals surface area (Å²) in [5, 5.41) is 12.6. The third-order valence-corrected chi connectivity index (χ3v) is 3.77. The Labute approximate surface area is 127 Å². The van der Waals surface area contributed by atoms with Crippen molar-refractivity contribution in [2.45, 2.75) is 13.8 Å². The zero-order chi connectivity index (χ0) is 15.0. The fourth-order valence-corrected chi connectivity index (χ4v) is 2.38. The van der Waals surface area contributed by atoms with Crippen LogP contribution in [0.25, 0.3) is 17.1 Å². The van der Waals surface area contributed by atoms with Crippen molar-refractivity contribution in [3.8, 4) is 17.1 Å². The second-order valence-electron chi connectivity index (χ2n) is 4.86. The molecule has 2 N–H and O–H groups in total. The monoisotopic (exact) mass is 299 g/mol. The summed E-state index contributed by atoms with van der Waals surface area (Å²) in [5.41, 5.74) is 10.5. The SMILES string of the molecule is Cc1cccc(-n2nnnc2-c2cc(Cl)ccc2N)c1C. The minimum Gasteiger partial charge on any atom is -0.398 e. The van der Waals surface area contributed by atoms with Crippen LogP contribution in [0.1, 0.15) is 11.1 Å². The number of halogens is 1. The number of aryl methyl sites for hydroxylation is 1. The summed E-state index contributed by atoms with van der Waals surface area (Å²) in [6.07, 6.45) is 0. The van der Waals surface area contributed by atoms with E-state index in [4.69, 9.17) is 17.3 Å². The first-order chi connectivity index (χ1) is 10.1. The smallest absolute Gasteiger partial charge is 0.189 e. The molecule has 0 bridgehead atoms. The fraction of sp³-hybridized carbons (Fsp3) is 0.133. The summed E-state index contributed by atoms with van der Waals surface area (Å²) in [6, 6.07) is 11.3. The van der Waals surface area contributed by atoms with E-state index in [0.717, 1.165) is 11.3 Å². The third kappa shape index (κ3) is 2.36. The van der Waals surface area contributed by atoms with Crippen LogP contribution in [0.15, 0.2) is 36.4 Å². The molecule has 0 aliphatic rings. The van der Waals surface area contributed by atoms with Crippen LogP contribution in [0, 0.1) is 13.8 Å². The van der Waals surface area contributed by atoms with Gasteiger partial charge in [0, 0.05) is 16.3 Å². The van der Waals surface area contributed by atoms with Crippen molar-refractivity contribution in [1.82, 2.24) is 20.2 Å². The van der Waals surface area contributed by atoms with E-state index in [0.29, 0.717) is 22.1 Å². The quantitative estimate of drug-likeness (QED) is 0.738. The van der Waals surface area contributed by atoms with E-state index in [2.05, 4.69) is 28.5 Å². The Morgan fingerprint density at radius 2 is 1.95 bits per heavy atom. The highest BCUT2D eigenvalue weighted by molar-refractivity contribution is 6.31. The zero-order valence-electron chi connectivity index (χ0n) is 11.7. The first kappa shape index (κ1) is 13.6. The predicted molar refractivity (Wildman–Crippen MR) is 83.5 cm³/mol. The molecule has 21 heavy (non-hydrogen) atoms. The molecule has 0 aliphatic heterocycles. The molecule has 2 aromatic carbocycles. The predicted octanol–water partition coefficient (Wildman–Crippen LogP) is 3.18. The van der Waals surface area contributed by atoms with Crippen LogP contribution in [0.3, 0.4) is 0 Å². The number of hydrogen-bond donors (Lipinski definition) is 1. The number of aromatic nitrogens is 4. The highest BCUT2D eigenvalue weighted by Crippen LogP contribution is 2.29. The first-order valence-corrected chi connectivity index (χ1v) is 6.86. The maximum absolute atomic E-state index is 6.06. The molecule has 0 spiro atoms. The van der Waals surface area contributed by atoms with E-state index >= 15 is 0 Å². The standard InChI is InChI=1S/C15H14ClN5/c1-9-4-3-5-14(10(9)2)21-15(18-19-20-21)12-8-11(16)6-7-13(12)17/h3-8H,17H2,1-2H3. The van der Waals surface area contributed by atoms with Crippen molar-refractivity contribution in [2.75, 3.05) is 5.73 Å². The van der Waals surface area contributed by atoms with Crippen LogP contribution in [0.5, 0.6) is 0 Å². The zero-order valence-corrected chi connectivity index (χ0v) is 12.5. The third-order valence-electron chi connectivity index (χ3n) is 3.53. The van der Waals surface area contributed by atoms with E-state index in [1.54, 1.807) is 22.9 Å². The molecule has 106 valence electrons. The van der Waals surface area contributed by atoms with Gasteiger partial charge in [-0.15, -0.1) is 5.10 Å². The summed E-state index contributed by atoms with van der Waals surface area (Å²) < 4.78 is 1.68. The van der Waals surface area contributed by atoms with E-state index in [1.807, 2.05) is 19.1 Å². The summed E-state index contributed by atoms with van der Waals surface area (Å²) in [6.45, 7) is 4.09. The van der Waals surface area contributed by atoms with Crippen molar-refractivity contribution in [2.24, 2.45) is 0 Å². The van der Waals surface area contributed by atoms with Crippen LogP contribution < -0.4 is 5.73 Å². The topological polar surface area (TPSA) is 69.6 Å². The van der Waals surface area contributed by atoms with Gasteiger partial charge in [0.2, 0.25) is 0 Å². The lowest BCUT2D eigenvalue weighted by atomic mass is 10.1. The number of tetrazole rings is 1. The normalized spacial score (nSPS) is 10.8. The number of benzene rings is 2. The molecule has 0 saturated heterocycles. The molecule has 3 rings (SSSR count). The van der Waals surface area contributed by atoms with Gasteiger partial charge in [-0.25, -0.2) is 0 Å². The van der Waals surface area contributed by atoms with E-state index in [1.165, 1.54) is 5.56 Å². The molecule has 1 heterocycles. The van der Waals surface area contributed by atoms with Gasteiger partial charge in [-0.1, -0.05) is 23.7 Å². The van der Waals surface area contributed by atoms with Crippen LogP contribution in [0.2, 0.25) is 5.02 Å². The largest absolute Gasteiger partial charge is 0.398 e. The minimum atomic E-state index is 0.573. The lowest BCUT2D eigenvalue weighted by Gasteiger charge is -2.11. The van der Waals surface area contributed by atoms with Crippen LogP contribution in [-0.4, -0.2) is 20.2 Å². The summed E-state index contributed by atoms with van der Waals surface area (Å²) in [4.78, 5) is 0. The molecule has 0 unspecified atom stereocenters. The van der Waals surface area contributed by atoms with Crippen LogP contribution in [0.4, 0.5) is 5.69 Å². The van der Waals surface area contributed by atoms with Crippen LogP contribution in [-0.2, 0) is 0 Å². The number of hydrogen-bond acceptors (Lipinski definition) is 4.